The Bertz CT molecular complexity index is 767. The summed E-state index contributed by atoms with van der Waals surface area (Å²) >= 11 is 0. The van der Waals surface area contributed by atoms with E-state index in [1.807, 2.05) is 30.6 Å². The number of benzene rings is 1. The number of ether oxygens (including phenoxy) is 2. The number of aromatic nitrogens is 1. The quantitative estimate of drug-likeness (QED) is 0.692. The van der Waals surface area contributed by atoms with E-state index in [-0.39, 0.29) is 18.0 Å². The van der Waals surface area contributed by atoms with Crippen molar-refractivity contribution in [2.45, 2.75) is 50.5 Å². The Labute approximate surface area is 161 Å². The van der Waals surface area contributed by atoms with Crippen LogP contribution >= 0.6 is 12.4 Å². The van der Waals surface area contributed by atoms with Gasteiger partial charge in [-0.3, -0.25) is 4.98 Å². The van der Waals surface area contributed by atoms with Gasteiger partial charge in [-0.2, -0.15) is 0 Å². The zero-order valence-corrected chi connectivity index (χ0v) is 16.1. The minimum absolute atomic E-state index is 0. The molecule has 1 aromatic heterocycles. The topological polar surface area (TPSA) is 31.4 Å². The molecule has 1 aliphatic heterocycles. The highest BCUT2D eigenvalue weighted by Crippen LogP contribution is 2.47. The highest BCUT2D eigenvalue weighted by molar-refractivity contribution is 5.85. The van der Waals surface area contributed by atoms with Crippen LogP contribution in [0.2, 0.25) is 0 Å². The van der Waals surface area contributed by atoms with Crippen LogP contribution in [0.3, 0.4) is 0 Å². The molecule has 2 heterocycles. The maximum Gasteiger partial charge on any atom is 0.165 e. The van der Waals surface area contributed by atoms with Crippen molar-refractivity contribution in [2.24, 2.45) is 0 Å². The molecule has 26 heavy (non-hydrogen) atoms. The average molecular weight is 372 g/mol. The predicted molar refractivity (Wildman–Crippen MR) is 108 cm³/mol. The Morgan fingerprint density at radius 3 is 2.50 bits per heavy atom. The molecular weight excluding hydrogens is 346 g/mol. The van der Waals surface area contributed by atoms with Crippen LogP contribution in [0, 0.1) is 0 Å². The molecule has 0 radical (unpaired) electrons. The fraction of sp³-hybridized carbons (Fsp3) is 0.409. The highest BCUT2D eigenvalue weighted by Gasteiger charge is 2.39. The van der Waals surface area contributed by atoms with Gasteiger partial charge in [-0.1, -0.05) is 24.6 Å². The third-order valence-electron chi connectivity index (χ3n) is 5.56. The first-order valence-electron chi connectivity index (χ1n) is 9.27. The molecule has 1 aliphatic carbocycles. The average Bonchev–Trinajstić information content (AvgIpc) is 2.67. The van der Waals surface area contributed by atoms with Crippen LogP contribution in [0.5, 0.6) is 11.5 Å². The molecule has 1 spiro atoms. The lowest BCUT2D eigenvalue weighted by molar-refractivity contribution is 0.00834. The molecule has 4 rings (SSSR count). The maximum atomic E-state index is 6.61. The fourth-order valence-corrected chi connectivity index (χ4v) is 4.14. The SMILES string of the molecule is COc1ccc(C=Cc2ccncc2)c2c1OC1(CCCCC1)CC2.Cl. The van der Waals surface area contributed by atoms with Gasteiger partial charge in [-0.25, -0.2) is 0 Å². The summed E-state index contributed by atoms with van der Waals surface area (Å²) in [6.45, 7) is 0. The summed E-state index contributed by atoms with van der Waals surface area (Å²) in [6.07, 6.45) is 16.4. The number of hydrogen-bond donors (Lipinski definition) is 0. The standard InChI is InChI=1S/C22H25NO2.ClH/c1-24-20-8-7-18(6-5-17-10-15-23-16-11-17)19-9-14-22(25-21(19)20)12-3-2-4-13-22;/h5-8,10-11,15-16H,2-4,9,12-14H2,1H3;1H. The summed E-state index contributed by atoms with van der Waals surface area (Å²) in [7, 11) is 1.73. The number of rotatable bonds is 3. The zero-order valence-electron chi connectivity index (χ0n) is 15.2. The summed E-state index contributed by atoms with van der Waals surface area (Å²) in [5, 5.41) is 0. The second kappa shape index (κ2) is 8.13. The van der Waals surface area contributed by atoms with Gasteiger partial charge < -0.3 is 9.47 Å². The van der Waals surface area contributed by atoms with Gasteiger partial charge in [0.1, 0.15) is 5.60 Å². The van der Waals surface area contributed by atoms with Crippen molar-refractivity contribution in [1.82, 2.24) is 4.98 Å². The number of fused-ring (bicyclic) bond motifs is 1. The van der Waals surface area contributed by atoms with Crippen LogP contribution in [-0.2, 0) is 6.42 Å². The molecule has 0 atom stereocenters. The molecule has 1 saturated carbocycles. The van der Waals surface area contributed by atoms with Crippen molar-refractivity contribution in [3.8, 4) is 11.5 Å². The molecule has 0 N–H and O–H groups in total. The molecule has 2 aromatic rings. The Morgan fingerprint density at radius 1 is 1.00 bits per heavy atom. The van der Waals surface area contributed by atoms with E-state index in [1.54, 1.807) is 7.11 Å². The Kier molecular flexibility index (Phi) is 5.87. The van der Waals surface area contributed by atoms with Gasteiger partial charge in [0, 0.05) is 18.0 Å². The predicted octanol–water partition coefficient (Wildman–Crippen LogP) is 5.71. The van der Waals surface area contributed by atoms with E-state index in [9.17, 15) is 0 Å². The summed E-state index contributed by atoms with van der Waals surface area (Å²) in [6, 6.07) is 8.20. The maximum absolute atomic E-state index is 6.61. The number of halogens is 1. The van der Waals surface area contributed by atoms with Gasteiger partial charge in [0.25, 0.3) is 0 Å². The minimum Gasteiger partial charge on any atom is -0.493 e. The molecule has 0 unspecified atom stereocenters. The van der Waals surface area contributed by atoms with Crippen molar-refractivity contribution in [1.29, 1.82) is 0 Å². The third-order valence-corrected chi connectivity index (χ3v) is 5.56. The fourth-order valence-electron chi connectivity index (χ4n) is 4.14. The molecule has 4 heteroatoms. The van der Waals surface area contributed by atoms with Crippen LogP contribution in [0.25, 0.3) is 12.2 Å². The lowest BCUT2D eigenvalue weighted by Gasteiger charge is -2.42. The summed E-state index contributed by atoms with van der Waals surface area (Å²) in [4.78, 5) is 4.07. The molecule has 1 fully saturated rings. The smallest absolute Gasteiger partial charge is 0.165 e. The van der Waals surface area contributed by atoms with Crippen molar-refractivity contribution >= 4 is 24.6 Å². The Morgan fingerprint density at radius 2 is 1.77 bits per heavy atom. The first-order valence-corrected chi connectivity index (χ1v) is 9.27. The van der Waals surface area contributed by atoms with Gasteiger partial charge in [0.05, 0.1) is 7.11 Å². The van der Waals surface area contributed by atoms with Gasteiger partial charge in [0.2, 0.25) is 0 Å². The van der Waals surface area contributed by atoms with Gasteiger partial charge in [0.15, 0.2) is 11.5 Å². The number of hydrogen-bond acceptors (Lipinski definition) is 3. The molecule has 2 aliphatic rings. The van der Waals surface area contributed by atoms with Crippen LogP contribution in [0.15, 0.2) is 36.7 Å². The molecular formula is C22H26ClNO2. The monoisotopic (exact) mass is 371 g/mol. The van der Waals surface area contributed by atoms with Gasteiger partial charge >= 0.3 is 0 Å². The molecule has 1 aromatic carbocycles. The van der Waals surface area contributed by atoms with E-state index in [4.69, 9.17) is 9.47 Å². The Hall–Kier alpha value is -2.00. The van der Waals surface area contributed by atoms with Crippen molar-refractivity contribution in [2.75, 3.05) is 7.11 Å². The van der Waals surface area contributed by atoms with Crippen molar-refractivity contribution in [3.05, 3.63) is 53.3 Å². The third kappa shape index (κ3) is 3.73. The van der Waals surface area contributed by atoms with E-state index in [1.165, 1.54) is 43.2 Å². The van der Waals surface area contributed by atoms with Crippen LogP contribution in [0.4, 0.5) is 0 Å². The lowest BCUT2D eigenvalue weighted by atomic mass is 9.78. The number of methoxy groups -OCH3 is 1. The number of nitrogens with zero attached hydrogens (tertiary/aromatic N) is 1. The van der Waals surface area contributed by atoms with Crippen LogP contribution in [0.1, 0.15) is 55.2 Å². The van der Waals surface area contributed by atoms with Crippen LogP contribution in [-0.4, -0.2) is 17.7 Å². The molecule has 138 valence electrons. The van der Waals surface area contributed by atoms with Gasteiger partial charge in [-0.05, 0) is 67.9 Å². The van der Waals surface area contributed by atoms with Crippen molar-refractivity contribution in [3.63, 3.8) is 0 Å². The van der Waals surface area contributed by atoms with E-state index in [0.29, 0.717) is 0 Å². The summed E-state index contributed by atoms with van der Waals surface area (Å²) in [5.41, 5.74) is 3.69. The normalized spacial score (nSPS) is 18.0. The summed E-state index contributed by atoms with van der Waals surface area (Å²) < 4.78 is 12.2. The van der Waals surface area contributed by atoms with E-state index >= 15 is 0 Å². The molecule has 0 amide bonds. The van der Waals surface area contributed by atoms with Crippen LogP contribution < -0.4 is 9.47 Å². The lowest BCUT2D eigenvalue weighted by Crippen LogP contribution is -2.41. The van der Waals surface area contributed by atoms with E-state index in [0.717, 1.165) is 29.9 Å². The Balaban J connectivity index is 0.00000196. The summed E-state index contributed by atoms with van der Waals surface area (Å²) in [5.74, 6) is 1.83. The second-order valence-electron chi connectivity index (χ2n) is 7.12. The second-order valence-corrected chi connectivity index (χ2v) is 7.12. The minimum atomic E-state index is 0. The molecule has 3 nitrogen and oxygen atoms in total. The first kappa shape index (κ1) is 18.8. The van der Waals surface area contributed by atoms with Gasteiger partial charge in [-0.15, -0.1) is 12.4 Å². The molecule has 0 bridgehead atoms. The zero-order chi connectivity index (χ0) is 17.1. The van der Waals surface area contributed by atoms with E-state index < -0.39 is 0 Å². The largest absolute Gasteiger partial charge is 0.493 e. The van der Waals surface area contributed by atoms with E-state index in [2.05, 4.69) is 23.2 Å². The first-order chi connectivity index (χ1) is 12.3. The number of pyridine rings is 1. The highest BCUT2D eigenvalue weighted by atomic mass is 35.5. The molecule has 0 saturated heterocycles. The van der Waals surface area contributed by atoms with Crippen molar-refractivity contribution < 1.29 is 9.47 Å².